The van der Waals surface area contributed by atoms with Gasteiger partial charge in [0.15, 0.2) is 5.96 Å². The maximum absolute atomic E-state index is 4.49. The molecule has 3 rings (SSSR count). The third kappa shape index (κ3) is 4.83. The number of guanidine groups is 1. The number of likely N-dealkylation sites (N-methyl/N-ethyl adjacent to an activating group) is 1. The summed E-state index contributed by atoms with van der Waals surface area (Å²) in [5, 5.41) is 3.55. The zero-order valence-corrected chi connectivity index (χ0v) is 17.2. The summed E-state index contributed by atoms with van der Waals surface area (Å²) in [6.45, 7) is 7.83. The predicted molar refractivity (Wildman–Crippen MR) is 113 cm³/mol. The first-order chi connectivity index (χ1) is 11.3. The van der Waals surface area contributed by atoms with Crippen LogP contribution in [0.2, 0.25) is 0 Å². The van der Waals surface area contributed by atoms with Gasteiger partial charge >= 0.3 is 0 Å². The van der Waals surface area contributed by atoms with Crippen LogP contribution in [-0.4, -0.2) is 75.7 Å². The lowest BCUT2D eigenvalue weighted by Gasteiger charge is -2.25. The van der Waals surface area contributed by atoms with Crippen LogP contribution in [0.1, 0.15) is 12.0 Å². The summed E-state index contributed by atoms with van der Waals surface area (Å²) in [6, 6.07) is 8.64. The molecule has 134 valence electrons. The Bertz CT molecular complexity index is 548. The number of nitrogens with one attached hydrogen (secondary N) is 1. The zero-order valence-electron chi connectivity index (χ0n) is 14.9. The van der Waals surface area contributed by atoms with Gasteiger partial charge in [0.2, 0.25) is 0 Å². The Morgan fingerprint density at radius 1 is 1.12 bits per heavy atom. The van der Waals surface area contributed by atoms with Crippen LogP contribution in [0.3, 0.4) is 0 Å². The molecular weight excluding hydrogens is 413 g/mol. The number of para-hydroxylation sites is 1. The van der Waals surface area contributed by atoms with E-state index in [-0.39, 0.29) is 24.0 Å². The molecule has 6 heteroatoms. The first kappa shape index (κ1) is 19.5. The molecule has 2 aliphatic rings. The number of nitrogens with zero attached hydrogens (tertiary/aromatic N) is 4. The number of anilines is 1. The molecule has 1 aromatic rings. The van der Waals surface area contributed by atoms with E-state index in [1.807, 2.05) is 7.05 Å². The van der Waals surface area contributed by atoms with Crippen LogP contribution >= 0.6 is 24.0 Å². The SMILES string of the molecule is CN=C(NCCN1CCCN(C)CC1)N1CCc2ccccc21.I. The van der Waals surface area contributed by atoms with Crippen LogP contribution in [0.25, 0.3) is 0 Å². The predicted octanol–water partition coefficient (Wildman–Crippen LogP) is 1.88. The van der Waals surface area contributed by atoms with Crippen molar-refractivity contribution in [3.8, 4) is 0 Å². The number of halogens is 1. The lowest BCUT2D eigenvalue weighted by molar-refractivity contribution is 0.280. The van der Waals surface area contributed by atoms with E-state index >= 15 is 0 Å². The number of hydrogen-bond donors (Lipinski definition) is 1. The van der Waals surface area contributed by atoms with Crippen molar-refractivity contribution in [2.24, 2.45) is 4.99 Å². The van der Waals surface area contributed by atoms with Gasteiger partial charge in [0.25, 0.3) is 0 Å². The molecule has 0 unspecified atom stereocenters. The monoisotopic (exact) mass is 443 g/mol. The summed E-state index contributed by atoms with van der Waals surface area (Å²) < 4.78 is 0. The molecule has 0 spiro atoms. The molecule has 0 bridgehead atoms. The van der Waals surface area contributed by atoms with Gasteiger partial charge < -0.3 is 20.0 Å². The molecule has 2 aliphatic heterocycles. The molecular formula is C18H30IN5. The third-order valence-electron chi connectivity index (χ3n) is 4.88. The molecule has 1 aromatic carbocycles. The molecule has 0 radical (unpaired) electrons. The Morgan fingerprint density at radius 3 is 2.79 bits per heavy atom. The molecule has 0 amide bonds. The molecule has 1 N–H and O–H groups in total. The topological polar surface area (TPSA) is 34.1 Å². The van der Waals surface area contributed by atoms with Crippen molar-refractivity contribution >= 4 is 35.6 Å². The lowest BCUT2D eigenvalue weighted by Crippen LogP contribution is -2.44. The Balaban J connectivity index is 0.00000208. The van der Waals surface area contributed by atoms with E-state index in [0.717, 1.165) is 32.0 Å². The minimum atomic E-state index is 0. The molecule has 0 atom stereocenters. The average molecular weight is 443 g/mol. The van der Waals surface area contributed by atoms with Gasteiger partial charge in [-0.1, -0.05) is 18.2 Å². The maximum Gasteiger partial charge on any atom is 0.198 e. The Morgan fingerprint density at radius 2 is 1.96 bits per heavy atom. The van der Waals surface area contributed by atoms with Crippen molar-refractivity contribution in [3.63, 3.8) is 0 Å². The van der Waals surface area contributed by atoms with Gasteiger partial charge in [0.1, 0.15) is 0 Å². The average Bonchev–Trinajstić information content (AvgIpc) is 2.89. The van der Waals surface area contributed by atoms with Crippen LogP contribution in [0.5, 0.6) is 0 Å². The smallest absolute Gasteiger partial charge is 0.198 e. The summed E-state index contributed by atoms with van der Waals surface area (Å²) in [5.41, 5.74) is 2.73. The van der Waals surface area contributed by atoms with E-state index in [1.165, 1.54) is 43.9 Å². The third-order valence-corrected chi connectivity index (χ3v) is 4.88. The van der Waals surface area contributed by atoms with Gasteiger partial charge in [0, 0.05) is 45.5 Å². The van der Waals surface area contributed by atoms with E-state index < -0.39 is 0 Å². The van der Waals surface area contributed by atoms with Crippen molar-refractivity contribution in [2.45, 2.75) is 12.8 Å². The summed E-state index contributed by atoms with van der Waals surface area (Å²) in [5.74, 6) is 1.00. The molecule has 24 heavy (non-hydrogen) atoms. The molecule has 5 nitrogen and oxygen atoms in total. The second kappa shape index (κ2) is 9.58. The van der Waals surface area contributed by atoms with Gasteiger partial charge in [-0.2, -0.15) is 0 Å². The molecule has 2 heterocycles. The fourth-order valence-electron chi connectivity index (χ4n) is 3.50. The van der Waals surface area contributed by atoms with Gasteiger partial charge in [-0.3, -0.25) is 4.99 Å². The van der Waals surface area contributed by atoms with E-state index in [0.29, 0.717) is 0 Å². The van der Waals surface area contributed by atoms with Gasteiger partial charge in [-0.25, -0.2) is 0 Å². The number of benzene rings is 1. The number of aliphatic imine (C=N–C) groups is 1. The molecule has 1 saturated heterocycles. The maximum atomic E-state index is 4.49. The van der Waals surface area contributed by atoms with Gasteiger partial charge in [-0.05, 0) is 44.6 Å². The standard InChI is InChI=1S/C18H29N5.HI/c1-19-18(23-12-8-16-6-3-4-7-17(16)23)20-9-13-22-11-5-10-21(2)14-15-22;/h3-4,6-7H,5,8-15H2,1-2H3,(H,19,20);1H. The van der Waals surface area contributed by atoms with Crippen LogP contribution in [-0.2, 0) is 6.42 Å². The van der Waals surface area contributed by atoms with Crippen LogP contribution in [0.15, 0.2) is 29.3 Å². The second-order valence-corrected chi connectivity index (χ2v) is 6.50. The molecule has 0 aromatic heterocycles. The molecule has 0 aliphatic carbocycles. The Kier molecular flexibility index (Phi) is 7.77. The highest BCUT2D eigenvalue weighted by atomic mass is 127. The van der Waals surface area contributed by atoms with Crippen molar-refractivity contribution in [1.29, 1.82) is 0 Å². The highest BCUT2D eigenvalue weighted by Crippen LogP contribution is 2.27. The first-order valence-corrected chi connectivity index (χ1v) is 8.75. The zero-order chi connectivity index (χ0) is 16.1. The number of fused-ring (bicyclic) bond motifs is 1. The number of rotatable bonds is 3. The lowest BCUT2D eigenvalue weighted by atomic mass is 10.2. The highest BCUT2D eigenvalue weighted by molar-refractivity contribution is 14.0. The number of hydrogen-bond acceptors (Lipinski definition) is 3. The van der Waals surface area contributed by atoms with E-state index in [9.17, 15) is 0 Å². The molecule has 0 saturated carbocycles. The molecule has 1 fully saturated rings. The Labute approximate surface area is 163 Å². The van der Waals surface area contributed by atoms with Gasteiger partial charge in [0.05, 0.1) is 0 Å². The Hall–Kier alpha value is -0.860. The van der Waals surface area contributed by atoms with Crippen molar-refractivity contribution in [2.75, 3.05) is 64.8 Å². The van der Waals surface area contributed by atoms with Gasteiger partial charge in [-0.15, -0.1) is 24.0 Å². The van der Waals surface area contributed by atoms with Crippen molar-refractivity contribution in [3.05, 3.63) is 29.8 Å². The van der Waals surface area contributed by atoms with Crippen LogP contribution in [0.4, 0.5) is 5.69 Å². The fraction of sp³-hybridized carbons (Fsp3) is 0.611. The van der Waals surface area contributed by atoms with Crippen LogP contribution < -0.4 is 10.2 Å². The summed E-state index contributed by atoms with van der Waals surface area (Å²) in [4.78, 5) is 11.8. The fourth-order valence-corrected chi connectivity index (χ4v) is 3.50. The second-order valence-electron chi connectivity index (χ2n) is 6.50. The van der Waals surface area contributed by atoms with Crippen molar-refractivity contribution in [1.82, 2.24) is 15.1 Å². The van der Waals surface area contributed by atoms with E-state index in [1.54, 1.807) is 0 Å². The largest absolute Gasteiger partial charge is 0.355 e. The minimum absolute atomic E-state index is 0. The summed E-state index contributed by atoms with van der Waals surface area (Å²) >= 11 is 0. The van der Waals surface area contributed by atoms with E-state index in [2.05, 4.69) is 56.3 Å². The minimum Gasteiger partial charge on any atom is -0.355 e. The quantitative estimate of drug-likeness (QED) is 0.440. The normalized spacial score (nSPS) is 19.6. The first-order valence-electron chi connectivity index (χ1n) is 8.75. The van der Waals surface area contributed by atoms with E-state index in [4.69, 9.17) is 0 Å². The summed E-state index contributed by atoms with van der Waals surface area (Å²) in [6.07, 6.45) is 2.38. The van der Waals surface area contributed by atoms with Crippen LogP contribution in [0, 0.1) is 0 Å². The van der Waals surface area contributed by atoms with Crippen molar-refractivity contribution < 1.29 is 0 Å². The summed E-state index contributed by atoms with van der Waals surface area (Å²) in [7, 11) is 4.10. The highest BCUT2D eigenvalue weighted by Gasteiger charge is 2.22.